The summed E-state index contributed by atoms with van der Waals surface area (Å²) in [6.07, 6.45) is 18.4. The molecule has 5 atom stereocenters. The monoisotopic (exact) mass is 752 g/mol. The summed E-state index contributed by atoms with van der Waals surface area (Å²) < 4.78 is 0. The summed E-state index contributed by atoms with van der Waals surface area (Å²) in [4.78, 5) is 71.6. The first-order valence-electron chi connectivity index (χ1n) is 21.7. The first-order valence-corrected chi connectivity index (χ1v) is 21.7. The molecule has 10 heteroatoms. The van der Waals surface area contributed by atoms with Crippen molar-refractivity contribution in [3.05, 3.63) is 11.6 Å². The average Bonchev–Trinajstić information content (AvgIpc) is 3.42. The van der Waals surface area contributed by atoms with Crippen molar-refractivity contribution in [2.45, 2.75) is 188 Å². The van der Waals surface area contributed by atoms with Crippen molar-refractivity contribution in [3.63, 3.8) is 0 Å². The van der Waals surface area contributed by atoms with E-state index in [1.807, 2.05) is 0 Å². The van der Waals surface area contributed by atoms with Gasteiger partial charge in [0.25, 0.3) is 5.91 Å². The largest absolute Gasteiger partial charge is 0.350 e. The van der Waals surface area contributed by atoms with Crippen LogP contribution >= 0.6 is 0 Å². The van der Waals surface area contributed by atoms with Crippen LogP contribution in [0.15, 0.2) is 11.6 Å². The molecule has 1 heterocycles. The predicted octanol–water partition coefficient (Wildman–Crippen LogP) is 7.35. The van der Waals surface area contributed by atoms with Crippen molar-refractivity contribution in [2.75, 3.05) is 13.1 Å². The number of ketones is 1. The standard InChI is InChI=1S/C44H73N5O5/c1-9-30(41(4,5)10-2)21-26-44(24-16-13-17-25-44)48-40(54)47-36(43(8)22-14-12-15-23-43)39(53)49-28-31-33(42(31,6)7)34(49)37(51)46-32(27-29-19-18-20-29)35(50)38(52)45-11-3/h9,29,31-34,36H,10-28H2,1-8H3,(H,45,52)(H,46,51)(H2,47,48,54)/b30-9-/t31?,32?,33?,34-,36+/m0/s1. The molecule has 5 aliphatic rings. The molecular weight excluding hydrogens is 679 g/mol. The average molecular weight is 752 g/mol. The first kappa shape index (κ1) is 42.2. The number of nitrogens with zero attached hydrogens (tertiary/aromatic N) is 1. The van der Waals surface area contributed by atoms with Crippen LogP contribution in [0.2, 0.25) is 0 Å². The summed E-state index contributed by atoms with van der Waals surface area (Å²) in [6.45, 7) is 17.9. The van der Waals surface area contributed by atoms with Crippen LogP contribution < -0.4 is 21.3 Å². The molecular formula is C44H73N5O5. The molecule has 3 unspecified atom stereocenters. The van der Waals surface area contributed by atoms with Crippen molar-refractivity contribution < 1.29 is 24.0 Å². The van der Waals surface area contributed by atoms with Gasteiger partial charge in [-0.15, -0.1) is 0 Å². The van der Waals surface area contributed by atoms with E-state index in [2.05, 4.69) is 75.8 Å². The van der Waals surface area contributed by atoms with Gasteiger partial charge in [0, 0.05) is 18.6 Å². The predicted molar refractivity (Wildman–Crippen MR) is 213 cm³/mol. The Bertz CT molecular complexity index is 1420. The van der Waals surface area contributed by atoms with Gasteiger partial charge in [0.2, 0.25) is 17.6 Å². The van der Waals surface area contributed by atoms with E-state index in [0.717, 1.165) is 103 Å². The van der Waals surface area contributed by atoms with Crippen LogP contribution in [-0.4, -0.2) is 71.2 Å². The lowest BCUT2D eigenvalue weighted by atomic mass is 9.70. The summed E-state index contributed by atoms with van der Waals surface area (Å²) in [5, 5.41) is 12.3. The van der Waals surface area contributed by atoms with E-state index in [9.17, 15) is 19.2 Å². The first-order chi connectivity index (χ1) is 25.5. The van der Waals surface area contributed by atoms with Gasteiger partial charge in [0.15, 0.2) is 0 Å². The highest BCUT2D eigenvalue weighted by molar-refractivity contribution is 6.38. The van der Waals surface area contributed by atoms with Gasteiger partial charge in [-0.25, -0.2) is 4.79 Å². The Morgan fingerprint density at radius 1 is 0.870 bits per heavy atom. The van der Waals surface area contributed by atoms with Crippen LogP contribution in [0.1, 0.15) is 165 Å². The zero-order valence-electron chi connectivity index (χ0n) is 35.0. The topological polar surface area (TPSA) is 137 Å². The molecule has 1 saturated heterocycles. The highest BCUT2D eigenvalue weighted by Gasteiger charge is 2.70. The summed E-state index contributed by atoms with van der Waals surface area (Å²) >= 11 is 0. The number of carbonyl (C=O) groups is 5. The number of nitrogens with one attached hydrogen (secondary N) is 4. The zero-order valence-corrected chi connectivity index (χ0v) is 35.0. The van der Waals surface area contributed by atoms with Gasteiger partial charge in [-0.05, 0) is 99.2 Å². The van der Waals surface area contributed by atoms with Gasteiger partial charge in [0.05, 0.1) is 6.04 Å². The van der Waals surface area contributed by atoms with E-state index in [4.69, 9.17) is 0 Å². The third-order valence-corrected chi connectivity index (χ3v) is 15.1. The molecule has 4 N–H and O–H groups in total. The number of piperidine rings is 1. The van der Waals surface area contributed by atoms with Crippen LogP contribution in [0, 0.1) is 34.0 Å². The molecule has 4 aliphatic carbocycles. The number of likely N-dealkylation sites (tertiary alicyclic amines) is 1. The van der Waals surface area contributed by atoms with Crippen molar-refractivity contribution in [1.29, 1.82) is 0 Å². The Hall–Kier alpha value is -2.91. The minimum Gasteiger partial charge on any atom is -0.350 e. The Balaban J connectivity index is 1.38. The summed E-state index contributed by atoms with van der Waals surface area (Å²) in [6, 6.07) is -2.78. The summed E-state index contributed by atoms with van der Waals surface area (Å²) in [5.74, 6) is -1.50. The smallest absolute Gasteiger partial charge is 0.315 e. The molecule has 5 fully saturated rings. The van der Waals surface area contributed by atoms with Gasteiger partial charge in [-0.1, -0.05) is 111 Å². The van der Waals surface area contributed by atoms with E-state index >= 15 is 4.79 Å². The Morgan fingerprint density at radius 2 is 1.50 bits per heavy atom. The Labute approximate surface area is 325 Å². The fourth-order valence-electron chi connectivity index (χ4n) is 10.7. The van der Waals surface area contributed by atoms with Gasteiger partial charge < -0.3 is 26.2 Å². The number of rotatable bonds is 16. The van der Waals surface area contributed by atoms with E-state index in [-0.39, 0.29) is 52.0 Å². The number of amides is 5. The van der Waals surface area contributed by atoms with Crippen LogP contribution in [0.5, 0.6) is 0 Å². The van der Waals surface area contributed by atoms with E-state index in [1.165, 1.54) is 5.57 Å². The quantitative estimate of drug-likeness (QED) is 0.0966. The van der Waals surface area contributed by atoms with Crippen molar-refractivity contribution in [1.82, 2.24) is 26.2 Å². The lowest BCUT2D eigenvalue weighted by molar-refractivity contribution is -0.146. The minimum atomic E-state index is -0.930. The molecule has 1 aliphatic heterocycles. The summed E-state index contributed by atoms with van der Waals surface area (Å²) in [5.41, 5.74) is 0.587. The van der Waals surface area contributed by atoms with E-state index in [0.29, 0.717) is 19.5 Å². The second kappa shape index (κ2) is 17.1. The number of likely N-dealkylation sites (N-methyl/N-ethyl adjacent to an activating group) is 1. The molecule has 0 aromatic rings. The molecule has 304 valence electrons. The molecule has 5 rings (SSSR count). The van der Waals surface area contributed by atoms with Gasteiger partial charge in [-0.3, -0.25) is 19.2 Å². The third kappa shape index (κ3) is 9.04. The molecule has 4 saturated carbocycles. The van der Waals surface area contributed by atoms with Crippen molar-refractivity contribution in [2.24, 2.45) is 34.0 Å². The maximum atomic E-state index is 15.1. The van der Waals surface area contributed by atoms with Crippen LogP contribution in [0.4, 0.5) is 4.79 Å². The number of hydrogen-bond acceptors (Lipinski definition) is 5. The fourth-order valence-corrected chi connectivity index (χ4v) is 10.7. The molecule has 54 heavy (non-hydrogen) atoms. The molecule has 0 aromatic heterocycles. The van der Waals surface area contributed by atoms with Gasteiger partial charge in [-0.2, -0.15) is 0 Å². The highest BCUT2D eigenvalue weighted by atomic mass is 16.2. The summed E-state index contributed by atoms with van der Waals surface area (Å²) in [7, 11) is 0. The van der Waals surface area contributed by atoms with Crippen molar-refractivity contribution >= 4 is 29.5 Å². The van der Waals surface area contributed by atoms with Crippen LogP contribution in [-0.2, 0) is 19.2 Å². The van der Waals surface area contributed by atoms with Gasteiger partial charge in [0.1, 0.15) is 12.1 Å². The normalized spacial score (nSPS) is 27.1. The molecule has 5 amide bonds. The molecule has 0 spiro atoms. The minimum absolute atomic E-state index is 0.0577. The molecule has 0 radical (unpaired) electrons. The molecule has 10 nitrogen and oxygen atoms in total. The number of hydrogen-bond donors (Lipinski definition) is 4. The van der Waals surface area contributed by atoms with Gasteiger partial charge >= 0.3 is 6.03 Å². The number of allylic oxidation sites excluding steroid dienone is 2. The highest BCUT2D eigenvalue weighted by Crippen LogP contribution is 2.65. The Morgan fingerprint density at radius 3 is 2.06 bits per heavy atom. The zero-order chi connectivity index (χ0) is 39.5. The lowest BCUT2D eigenvalue weighted by Crippen LogP contribution is -2.64. The number of Topliss-reactive ketones (excluding diaryl/α,β-unsaturated/α-hetero) is 1. The van der Waals surface area contributed by atoms with E-state index < -0.39 is 35.2 Å². The maximum absolute atomic E-state index is 15.1. The SMILES string of the molecule is C/C=C(/CCC1(NC(=O)N[C@H](C(=O)N2CC3C([C@H]2C(=O)NC(CC2CCC2)C(=O)C(=O)NCC)C3(C)C)C2(C)CCCCC2)CCCCC1)C(C)(C)CC. The fraction of sp³-hybridized carbons (Fsp3) is 0.841. The number of urea groups is 1. The van der Waals surface area contributed by atoms with Crippen molar-refractivity contribution in [3.8, 4) is 0 Å². The second-order valence-corrected chi connectivity index (χ2v) is 19.3. The molecule has 0 bridgehead atoms. The number of carbonyl (C=O) groups excluding carboxylic acids is 5. The molecule has 0 aromatic carbocycles. The third-order valence-electron chi connectivity index (χ3n) is 15.1. The maximum Gasteiger partial charge on any atom is 0.315 e. The van der Waals surface area contributed by atoms with E-state index in [1.54, 1.807) is 11.8 Å². The second-order valence-electron chi connectivity index (χ2n) is 19.3. The Kier molecular flexibility index (Phi) is 13.4. The number of fused-ring (bicyclic) bond motifs is 1. The lowest BCUT2D eigenvalue weighted by Gasteiger charge is -2.44. The van der Waals surface area contributed by atoms with Crippen LogP contribution in [0.3, 0.4) is 0 Å². The van der Waals surface area contributed by atoms with Crippen LogP contribution in [0.25, 0.3) is 0 Å².